The number of aromatic nitrogens is 1. The summed E-state index contributed by atoms with van der Waals surface area (Å²) in [6.45, 7) is 4.81. The Hall–Kier alpha value is -0.360. The van der Waals surface area contributed by atoms with E-state index < -0.39 is 0 Å². The lowest BCUT2D eigenvalue weighted by atomic mass is 9.92. The zero-order valence-electron chi connectivity index (χ0n) is 9.36. The van der Waals surface area contributed by atoms with Gasteiger partial charge in [-0.1, -0.05) is 0 Å². The summed E-state index contributed by atoms with van der Waals surface area (Å²) in [5.41, 5.74) is 5.79. The lowest BCUT2D eigenvalue weighted by molar-refractivity contribution is 0.0447. The molecule has 1 aromatic heterocycles. The van der Waals surface area contributed by atoms with Crippen molar-refractivity contribution in [2.45, 2.75) is 31.8 Å². The van der Waals surface area contributed by atoms with E-state index in [1.54, 1.807) is 11.3 Å². The Labute approximate surface area is 106 Å². The highest BCUT2D eigenvalue weighted by Crippen LogP contribution is 2.21. The van der Waals surface area contributed by atoms with Crippen molar-refractivity contribution in [2.75, 3.05) is 18.9 Å². The second-order valence-corrected chi connectivity index (χ2v) is 5.34. The van der Waals surface area contributed by atoms with Gasteiger partial charge in [0.1, 0.15) is 0 Å². The van der Waals surface area contributed by atoms with Crippen molar-refractivity contribution in [3.05, 3.63) is 11.1 Å². The fraction of sp³-hybridized carbons (Fsp3) is 0.700. The predicted molar refractivity (Wildman–Crippen MR) is 69.1 cm³/mol. The van der Waals surface area contributed by atoms with Crippen LogP contribution >= 0.6 is 23.7 Å². The summed E-state index contributed by atoms with van der Waals surface area (Å²) >= 11 is 1.55. The number of nitrogens with zero attached hydrogens (tertiary/aromatic N) is 1. The average molecular weight is 264 g/mol. The van der Waals surface area contributed by atoms with Crippen LogP contribution in [-0.4, -0.2) is 23.7 Å². The van der Waals surface area contributed by atoms with Crippen LogP contribution in [0.4, 0.5) is 5.13 Å². The summed E-state index contributed by atoms with van der Waals surface area (Å²) in [5.74, 6) is 0. The first kappa shape index (κ1) is 13.7. The molecule has 0 amide bonds. The first-order chi connectivity index (χ1) is 7.18. The highest BCUT2D eigenvalue weighted by molar-refractivity contribution is 7.15. The Bertz CT molecular complexity index is 326. The van der Waals surface area contributed by atoms with Crippen LogP contribution in [0.15, 0.2) is 6.20 Å². The quantitative estimate of drug-likeness (QED) is 0.873. The van der Waals surface area contributed by atoms with E-state index >= 15 is 0 Å². The minimum absolute atomic E-state index is 0. The Balaban J connectivity index is 0.00000128. The van der Waals surface area contributed by atoms with Crippen molar-refractivity contribution in [1.82, 2.24) is 10.3 Å². The van der Waals surface area contributed by atoms with Gasteiger partial charge in [0.05, 0.1) is 0 Å². The molecule has 2 heterocycles. The molecule has 0 aliphatic carbocycles. The number of ether oxygens (including phenoxy) is 1. The van der Waals surface area contributed by atoms with E-state index in [9.17, 15) is 0 Å². The van der Waals surface area contributed by atoms with Gasteiger partial charge in [0.25, 0.3) is 0 Å². The SMILES string of the molecule is CC1(NCc2cnc(N)s2)CCOCC1.Cl. The van der Waals surface area contributed by atoms with Crippen molar-refractivity contribution in [1.29, 1.82) is 0 Å². The molecule has 0 saturated carbocycles. The summed E-state index contributed by atoms with van der Waals surface area (Å²) in [4.78, 5) is 5.23. The van der Waals surface area contributed by atoms with Crippen molar-refractivity contribution < 1.29 is 4.74 Å². The van der Waals surface area contributed by atoms with E-state index in [0.29, 0.717) is 5.13 Å². The molecule has 4 nitrogen and oxygen atoms in total. The summed E-state index contributed by atoms with van der Waals surface area (Å²) in [7, 11) is 0. The molecule has 2 rings (SSSR count). The first-order valence-electron chi connectivity index (χ1n) is 5.21. The van der Waals surface area contributed by atoms with E-state index in [-0.39, 0.29) is 17.9 Å². The van der Waals surface area contributed by atoms with E-state index in [1.165, 1.54) is 4.88 Å². The maximum absolute atomic E-state index is 5.58. The number of hydrogen-bond donors (Lipinski definition) is 2. The molecule has 1 fully saturated rings. The lowest BCUT2D eigenvalue weighted by Crippen LogP contribution is -2.46. The Kier molecular flexibility index (Phi) is 4.98. The molecular formula is C10H18ClN3OS. The van der Waals surface area contributed by atoms with Crippen molar-refractivity contribution >= 4 is 28.9 Å². The third kappa shape index (κ3) is 3.59. The minimum Gasteiger partial charge on any atom is -0.381 e. The van der Waals surface area contributed by atoms with Gasteiger partial charge in [-0.25, -0.2) is 4.98 Å². The fourth-order valence-electron chi connectivity index (χ4n) is 1.70. The summed E-state index contributed by atoms with van der Waals surface area (Å²) in [6, 6.07) is 0. The van der Waals surface area contributed by atoms with Gasteiger partial charge < -0.3 is 15.8 Å². The van der Waals surface area contributed by atoms with Crippen LogP contribution in [0.5, 0.6) is 0 Å². The number of thiazole rings is 1. The van der Waals surface area contributed by atoms with E-state index in [0.717, 1.165) is 32.6 Å². The van der Waals surface area contributed by atoms with Gasteiger partial charge >= 0.3 is 0 Å². The molecule has 0 atom stereocenters. The standard InChI is InChI=1S/C10H17N3OS.ClH/c1-10(2-4-14-5-3-10)13-7-8-6-12-9(11)15-8;/h6,13H,2-5,7H2,1H3,(H2,11,12);1H. The molecule has 1 saturated heterocycles. The summed E-state index contributed by atoms with van der Waals surface area (Å²) in [6.07, 6.45) is 3.98. The summed E-state index contributed by atoms with van der Waals surface area (Å²) in [5, 5.41) is 4.20. The van der Waals surface area contributed by atoms with Crippen LogP contribution in [0.3, 0.4) is 0 Å². The maximum Gasteiger partial charge on any atom is 0.180 e. The van der Waals surface area contributed by atoms with Gasteiger partial charge in [-0.3, -0.25) is 0 Å². The molecule has 1 aromatic rings. The Morgan fingerprint density at radius 1 is 1.56 bits per heavy atom. The number of rotatable bonds is 3. The molecule has 0 unspecified atom stereocenters. The highest BCUT2D eigenvalue weighted by atomic mass is 35.5. The normalized spacial score (nSPS) is 19.1. The number of halogens is 1. The minimum atomic E-state index is 0. The largest absolute Gasteiger partial charge is 0.381 e. The van der Waals surface area contributed by atoms with Gasteiger partial charge in [-0.15, -0.1) is 23.7 Å². The van der Waals surface area contributed by atoms with Crippen LogP contribution < -0.4 is 11.1 Å². The second kappa shape index (κ2) is 5.82. The molecular weight excluding hydrogens is 246 g/mol. The maximum atomic E-state index is 5.58. The molecule has 0 spiro atoms. The van der Waals surface area contributed by atoms with Gasteiger partial charge in [-0.05, 0) is 19.8 Å². The molecule has 0 radical (unpaired) electrons. The fourth-order valence-corrected chi connectivity index (χ4v) is 2.33. The van der Waals surface area contributed by atoms with E-state index in [4.69, 9.17) is 10.5 Å². The number of nitrogens with one attached hydrogen (secondary N) is 1. The van der Waals surface area contributed by atoms with Crippen LogP contribution in [0.2, 0.25) is 0 Å². The van der Waals surface area contributed by atoms with Gasteiger partial charge in [0.15, 0.2) is 5.13 Å². The monoisotopic (exact) mass is 263 g/mol. The molecule has 1 aliphatic rings. The molecule has 0 aromatic carbocycles. The lowest BCUT2D eigenvalue weighted by Gasteiger charge is -2.34. The van der Waals surface area contributed by atoms with Gasteiger partial charge in [0, 0.05) is 36.4 Å². The highest BCUT2D eigenvalue weighted by Gasteiger charge is 2.26. The van der Waals surface area contributed by atoms with Crippen LogP contribution in [0, 0.1) is 0 Å². The zero-order chi connectivity index (χ0) is 10.7. The zero-order valence-corrected chi connectivity index (χ0v) is 11.0. The Morgan fingerprint density at radius 2 is 2.25 bits per heavy atom. The van der Waals surface area contributed by atoms with Gasteiger partial charge in [-0.2, -0.15) is 0 Å². The average Bonchev–Trinajstić information content (AvgIpc) is 2.63. The molecule has 0 bridgehead atoms. The van der Waals surface area contributed by atoms with Crippen LogP contribution in [0.25, 0.3) is 0 Å². The topological polar surface area (TPSA) is 60.2 Å². The second-order valence-electron chi connectivity index (χ2n) is 4.19. The Morgan fingerprint density at radius 3 is 2.81 bits per heavy atom. The third-order valence-electron chi connectivity index (χ3n) is 2.86. The van der Waals surface area contributed by atoms with Crippen molar-refractivity contribution in [2.24, 2.45) is 0 Å². The van der Waals surface area contributed by atoms with E-state index in [1.807, 2.05) is 6.20 Å². The molecule has 16 heavy (non-hydrogen) atoms. The van der Waals surface area contributed by atoms with Crippen molar-refractivity contribution in [3.63, 3.8) is 0 Å². The number of anilines is 1. The molecule has 1 aliphatic heterocycles. The van der Waals surface area contributed by atoms with Crippen LogP contribution in [-0.2, 0) is 11.3 Å². The third-order valence-corrected chi connectivity index (χ3v) is 3.68. The van der Waals surface area contributed by atoms with Crippen molar-refractivity contribution in [3.8, 4) is 0 Å². The number of hydrogen-bond acceptors (Lipinski definition) is 5. The molecule has 6 heteroatoms. The predicted octanol–water partition coefficient (Wildman–Crippen LogP) is 1.81. The number of nitrogen functional groups attached to an aromatic ring is 1. The van der Waals surface area contributed by atoms with E-state index in [2.05, 4.69) is 17.2 Å². The molecule has 92 valence electrons. The van der Waals surface area contributed by atoms with Crippen LogP contribution in [0.1, 0.15) is 24.6 Å². The first-order valence-corrected chi connectivity index (χ1v) is 6.03. The molecule has 3 N–H and O–H groups in total. The summed E-state index contributed by atoms with van der Waals surface area (Å²) < 4.78 is 5.35. The smallest absolute Gasteiger partial charge is 0.180 e. The van der Waals surface area contributed by atoms with Gasteiger partial charge in [0.2, 0.25) is 0 Å². The number of nitrogens with two attached hydrogens (primary N) is 1.